The second-order valence-electron chi connectivity index (χ2n) is 5.49. The third-order valence-corrected chi connectivity index (χ3v) is 4.90. The molecule has 0 radical (unpaired) electrons. The normalized spacial score (nSPS) is 12.3. The van der Waals surface area contributed by atoms with Crippen LogP contribution in [0.25, 0.3) is 6.08 Å². The highest BCUT2D eigenvalue weighted by Crippen LogP contribution is 2.21. The van der Waals surface area contributed by atoms with Crippen molar-refractivity contribution in [2.45, 2.75) is 10.7 Å². The number of rotatable bonds is 6. The van der Waals surface area contributed by atoms with Gasteiger partial charge in [0.2, 0.25) is 15.6 Å². The van der Waals surface area contributed by atoms with Crippen molar-refractivity contribution in [3.05, 3.63) is 71.4 Å². The first-order chi connectivity index (χ1) is 11.7. The molecule has 0 fully saturated rings. The molecule has 0 heterocycles. The van der Waals surface area contributed by atoms with E-state index in [1.165, 1.54) is 12.1 Å². The molecule has 0 aliphatic carbocycles. The Morgan fingerprint density at radius 3 is 2.04 bits per heavy atom. The monoisotopic (exact) mass is 365 g/mol. The quantitative estimate of drug-likeness (QED) is 0.581. The summed E-state index contributed by atoms with van der Waals surface area (Å²) in [7, 11) is -1.25. The Morgan fingerprint density at radius 2 is 1.56 bits per heavy atom. The largest absolute Gasteiger partial charge is 0.374 e. The number of sulfone groups is 1. The molecule has 0 atom stereocenters. The lowest BCUT2D eigenvalue weighted by atomic mass is 10.1. The SMILES string of the molecule is CN(C)C(=Cc1ccccc1)C(=O)c1ccc(S(=O)(=O)C(F)F)cc1. The fourth-order valence-corrected chi connectivity index (χ4v) is 2.87. The van der Waals surface area contributed by atoms with E-state index in [0.717, 1.165) is 17.7 Å². The van der Waals surface area contributed by atoms with Crippen molar-refractivity contribution in [2.24, 2.45) is 0 Å². The van der Waals surface area contributed by atoms with Gasteiger partial charge in [0.1, 0.15) is 0 Å². The minimum Gasteiger partial charge on any atom is -0.374 e. The van der Waals surface area contributed by atoms with Crippen LogP contribution in [0.15, 0.2) is 65.2 Å². The molecule has 0 unspecified atom stereocenters. The lowest BCUT2D eigenvalue weighted by molar-refractivity contribution is 0.101. The van der Waals surface area contributed by atoms with E-state index in [9.17, 15) is 22.0 Å². The fraction of sp³-hybridized carbons (Fsp3) is 0.167. The topological polar surface area (TPSA) is 54.5 Å². The molecule has 0 spiro atoms. The van der Waals surface area contributed by atoms with Gasteiger partial charge in [-0.2, -0.15) is 8.78 Å². The van der Waals surface area contributed by atoms with Crippen LogP contribution in [-0.2, 0) is 9.84 Å². The smallest absolute Gasteiger partial charge is 0.341 e. The molecule has 0 aliphatic heterocycles. The lowest BCUT2D eigenvalue weighted by Crippen LogP contribution is -2.19. The molecule has 0 saturated carbocycles. The lowest BCUT2D eigenvalue weighted by Gasteiger charge is -2.16. The summed E-state index contributed by atoms with van der Waals surface area (Å²) < 4.78 is 48.0. The number of Topliss-reactive ketones (excluding diaryl/α,β-unsaturated/α-hetero) is 1. The van der Waals surface area contributed by atoms with Gasteiger partial charge in [0.15, 0.2) is 0 Å². The number of hydrogen-bond donors (Lipinski definition) is 0. The van der Waals surface area contributed by atoms with E-state index in [0.29, 0.717) is 5.70 Å². The molecule has 2 rings (SSSR count). The number of alkyl halides is 2. The summed E-state index contributed by atoms with van der Waals surface area (Å²) in [5.74, 6) is -3.83. The number of likely N-dealkylation sites (N-methyl/N-ethyl adjacent to an activating group) is 1. The minimum atomic E-state index is -4.67. The molecule has 132 valence electrons. The molecule has 0 aliphatic rings. The third kappa shape index (κ3) is 4.30. The Hall–Kier alpha value is -2.54. The van der Waals surface area contributed by atoms with E-state index >= 15 is 0 Å². The van der Waals surface area contributed by atoms with Gasteiger partial charge in [0.25, 0.3) is 0 Å². The molecule has 0 amide bonds. The number of hydrogen-bond acceptors (Lipinski definition) is 4. The Bertz CT molecular complexity index is 874. The van der Waals surface area contributed by atoms with Gasteiger partial charge in [-0.15, -0.1) is 0 Å². The van der Waals surface area contributed by atoms with Gasteiger partial charge < -0.3 is 4.90 Å². The standard InChI is InChI=1S/C18H17F2NO3S/c1-21(2)16(12-13-6-4-3-5-7-13)17(22)14-8-10-15(11-9-14)25(23,24)18(19)20/h3-12,18H,1-2H3. The van der Waals surface area contributed by atoms with Crippen LogP contribution in [0.2, 0.25) is 0 Å². The van der Waals surface area contributed by atoms with E-state index in [4.69, 9.17) is 0 Å². The molecule has 2 aromatic rings. The van der Waals surface area contributed by atoms with Gasteiger partial charge >= 0.3 is 5.76 Å². The Morgan fingerprint density at radius 1 is 1.00 bits per heavy atom. The zero-order valence-corrected chi connectivity index (χ0v) is 14.5. The summed E-state index contributed by atoms with van der Waals surface area (Å²) >= 11 is 0. The molecule has 4 nitrogen and oxygen atoms in total. The second-order valence-corrected chi connectivity index (χ2v) is 7.41. The number of carbonyl (C=O) groups excluding carboxylic acids is 1. The van der Waals surface area contributed by atoms with Crippen molar-refractivity contribution in [3.8, 4) is 0 Å². The minimum absolute atomic E-state index is 0.212. The molecule has 2 aromatic carbocycles. The zero-order valence-electron chi connectivity index (χ0n) is 13.7. The van der Waals surface area contributed by atoms with Gasteiger partial charge in [-0.25, -0.2) is 8.42 Å². The van der Waals surface area contributed by atoms with E-state index in [1.54, 1.807) is 25.1 Å². The number of ketones is 1. The van der Waals surface area contributed by atoms with Crippen LogP contribution in [0, 0.1) is 0 Å². The molecular formula is C18H17F2NO3S. The molecular weight excluding hydrogens is 348 g/mol. The highest BCUT2D eigenvalue weighted by atomic mass is 32.2. The van der Waals surface area contributed by atoms with Crippen LogP contribution >= 0.6 is 0 Å². The van der Waals surface area contributed by atoms with E-state index in [2.05, 4.69) is 0 Å². The Balaban J connectivity index is 2.37. The average molecular weight is 365 g/mol. The van der Waals surface area contributed by atoms with E-state index in [1.807, 2.05) is 30.3 Å². The van der Waals surface area contributed by atoms with Gasteiger partial charge in [-0.05, 0) is 35.9 Å². The van der Waals surface area contributed by atoms with Crippen LogP contribution < -0.4 is 0 Å². The maximum atomic E-state index is 12.7. The molecule has 0 N–H and O–H groups in total. The molecule has 0 aromatic heterocycles. The van der Waals surface area contributed by atoms with Gasteiger partial charge in [0, 0.05) is 19.7 Å². The first-order valence-corrected chi connectivity index (χ1v) is 8.89. The predicted octanol–water partition coefficient (Wildman–Crippen LogP) is 3.47. The van der Waals surface area contributed by atoms with E-state index < -0.39 is 20.5 Å². The summed E-state index contributed by atoms with van der Waals surface area (Å²) in [6.45, 7) is 0. The summed E-state index contributed by atoms with van der Waals surface area (Å²) in [4.78, 5) is 13.8. The summed E-state index contributed by atoms with van der Waals surface area (Å²) in [6, 6.07) is 13.7. The molecule has 0 saturated heterocycles. The highest BCUT2D eigenvalue weighted by molar-refractivity contribution is 7.91. The Labute approximate surface area is 145 Å². The predicted molar refractivity (Wildman–Crippen MR) is 92.1 cm³/mol. The van der Waals surface area contributed by atoms with Gasteiger partial charge in [-0.3, -0.25) is 4.79 Å². The van der Waals surface area contributed by atoms with Crippen LogP contribution in [-0.4, -0.2) is 39.0 Å². The molecule has 25 heavy (non-hydrogen) atoms. The van der Waals surface area contributed by atoms with Crippen molar-refractivity contribution < 1.29 is 22.0 Å². The molecule has 0 bridgehead atoms. The first kappa shape index (κ1) is 18.8. The maximum absolute atomic E-state index is 12.7. The van der Waals surface area contributed by atoms with Crippen LogP contribution in [0.4, 0.5) is 8.78 Å². The van der Waals surface area contributed by atoms with Gasteiger partial charge in [0.05, 0.1) is 10.6 Å². The maximum Gasteiger partial charge on any atom is 0.341 e. The van der Waals surface area contributed by atoms with Crippen LogP contribution in [0.3, 0.4) is 0 Å². The Kier molecular flexibility index (Phi) is 5.69. The number of halogens is 2. The van der Waals surface area contributed by atoms with Crippen molar-refractivity contribution in [3.63, 3.8) is 0 Å². The summed E-state index contributed by atoms with van der Waals surface area (Å²) in [5, 5.41) is 0. The van der Waals surface area contributed by atoms with Crippen molar-refractivity contribution in [1.29, 1.82) is 0 Å². The number of allylic oxidation sites excluding steroid dienone is 1. The zero-order chi connectivity index (χ0) is 18.6. The second kappa shape index (κ2) is 7.57. The summed E-state index contributed by atoms with van der Waals surface area (Å²) in [5.41, 5.74) is 1.43. The first-order valence-electron chi connectivity index (χ1n) is 7.34. The summed E-state index contributed by atoms with van der Waals surface area (Å²) in [6.07, 6.45) is 1.70. The van der Waals surface area contributed by atoms with Crippen molar-refractivity contribution in [1.82, 2.24) is 4.90 Å². The third-order valence-electron chi connectivity index (χ3n) is 3.50. The number of benzene rings is 2. The molecule has 7 heteroatoms. The van der Waals surface area contributed by atoms with E-state index in [-0.39, 0.29) is 11.3 Å². The van der Waals surface area contributed by atoms with Crippen LogP contribution in [0.1, 0.15) is 15.9 Å². The average Bonchev–Trinajstić information content (AvgIpc) is 2.59. The van der Waals surface area contributed by atoms with Crippen molar-refractivity contribution in [2.75, 3.05) is 14.1 Å². The fourth-order valence-electron chi connectivity index (χ4n) is 2.15. The highest BCUT2D eigenvalue weighted by Gasteiger charge is 2.26. The van der Waals surface area contributed by atoms with Gasteiger partial charge in [-0.1, -0.05) is 30.3 Å². The van der Waals surface area contributed by atoms with Crippen molar-refractivity contribution >= 4 is 21.7 Å². The van der Waals surface area contributed by atoms with Crippen LogP contribution in [0.5, 0.6) is 0 Å². The number of carbonyl (C=O) groups is 1. The number of nitrogens with zero attached hydrogens (tertiary/aromatic N) is 1.